The Morgan fingerprint density at radius 2 is 2.03 bits per heavy atom. The summed E-state index contributed by atoms with van der Waals surface area (Å²) in [6, 6.07) is 6.41. The first-order chi connectivity index (χ1) is 14.7. The number of benzene rings is 2. The molecule has 12 heteroatoms. The lowest BCUT2D eigenvalue weighted by Gasteiger charge is -2.08. The number of nitrogens with zero attached hydrogens (tertiary/aromatic N) is 2. The van der Waals surface area contributed by atoms with Crippen molar-refractivity contribution in [2.45, 2.75) is 6.92 Å². The molecule has 2 aromatic carbocycles. The second-order valence-electron chi connectivity index (χ2n) is 6.10. The van der Waals surface area contributed by atoms with Gasteiger partial charge in [0.25, 0.3) is 11.6 Å². The fraction of sp³-hybridized carbons (Fsp3) is 0.105. The number of nitrogens with one attached hydrogen (secondary N) is 1. The highest BCUT2D eigenvalue weighted by Crippen LogP contribution is 2.33. The molecule has 0 radical (unpaired) electrons. The molecule has 0 unspecified atom stereocenters. The Kier molecular flexibility index (Phi) is 6.25. The summed E-state index contributed by atoms with van der Waals surface area (Å²) >= 11 is 6.00. The van der Waals surface area contributed by atoms with E-state index in [4.69, 9.17) is 20.9 Å². The Bertz CT molecular complexity index is 1180. The maximum absolute atomic E-state index is 14.2. The van der Waals surface area contributed by atoms with Gasteiger partial charge in [0.05, 0.1) is 21.6 Å². The number of halogens is 3. The fourth-order valence-electron chi connectivity index (χ4n) is 2.66. The molecule has 1 amide bonds. The Hall–Kier alpha value is -3.86. The summed E-state index contributed by atoms with van der Waals surface area (Å²) < 4.78 is 37.3. The van der Waals surface area contributed by atoms with Crippen LogP contribution in [0.25, 0.3) is 11.3 Å². The second-order valence-corrected chi connectivity index (χ2v) is 6.51. The van der Waals surface area contributed by atoms with Gasteiger partial charge in [-0.15, -0.1) is 0 Å². The highest BCUT2D eigenvalue weighted by atomic mass is 35.5. The van der Waals surface area contributed by atoms with Crippen molar-refractivity contribution >= 4 is 34.9 Å². The summed E-state index contributed by atoms with van der Waals surface area (Å²) in [6.45, 7) is 0.534. The molecule has 1 aromatic heterocycles. The molecule has 31 heavy (non-hydrogen) atoms. The number of carbonyl (C=O) groups excluding carboxylic acids is 2. The summed E-state index contributed by atoms with van der Waals surface area (Å²) in [7, 11) is 0. The Morgan fingerprint density at radius 1 is 1.29 bits per heavy atom. The van der Waals surface area contributed by atoms with Crippen molar-refractivity contribution in [2.24, 2.45) is 0 Å². The Morgan fingerprint density at radius 3 is 2.71 bits per heavy atom. The smallest absolute Gasteiger partial charge is 0.344 e. The number of hydrogen-bond acceptors (Lipinski definition) is 7. The van der Waals surface area contributed by atoms with Crippen molar-refractivity contribution in [3.8, 4) is 11.3 Å². The van der Waals surface area contributed by atoms with Gasteiger partial charge in [0.1, 0.15) is 34.3 Å². The molecule has 0 fully saturated rings. The van der Waals surface area contributed by atoms with Crippen LogP contribution in [0.4, 0.5) is 20.2 Å². The van der Waals surface area contributed by atoms with Crippen LogP contribution in [0.2, 0.25) is 5.02 Å². The van der Waals surface area contributed by atoms with Crippen LogP contribution in [-0.4, -0.2) is 28.6 Å². The van der Waals surface area contributed by atoms with E-state index < -0.39 is 40.7 Å². The standard InChI is InChI=1S/C19H12ClF2N3O6/c1-9-16(18(24-31-9)17-11(20)3-2-4-12(17)22)19(27)30-8-15(26)23-13-6-5-10(21)7-14(13)25(28)29/h2-7H,8H2,1H3,(H,23,26). The van der Waals surface area contributed by atoms with Crippen molar-refractivity contribution in [1.29, 1.82) is 0 Å². The van der Waals surface area contributed by atoms with Crippen LogP contribution in [0.1, 0.15) is 16.1 Å². The molecule has 3 rings (SSSR count). The van der Waals surface area contributed by atoms with Crippen LogP contribution in [0.5, 0.6) is 0 Å². The number of rotatable bonds is 6. The zero-order valence-corrected chi connectivity index (χ0v) is 16.4. The van der Waals surface area contributed by atoms with E-state index in [1.165, 1.54) is 19.1 Å². The van der Waals surface area contributed by atoms with Gasteiger partial charge >= 0.3 is 5.97 Å². The van der Waals surface area contributed by atoms with Gasteiger partial charge in [-0.2, -0.15) is 0 Å². The number of hydrogen-bond donors (Lipinski definition) is 1. The number of anilines is 1. The molecule has 160 valence electrons. The molecule has 0 saturated carbocycles. The normalized spacial score (nSPS) is 10.6. The largest absolute Gasteiger partial charge is 0.452 e. The van der Waals surface area contributed by atoms with E-state index in [1.807, 2.05) is 0 Å². The lowest BCUT2D eigenvalue weighted by molar-refractivity contribution is -0.384. The number of nitro benzene ring substituents is 1. The van der Waals surface area contributed by atoms with Crippen LogP contribution in [0, 0.1) is 28.7 Å². The number of ether oxygens (including phenoxy) is 1. The van der Waals surface area contributed by atoms with E-state index in [2.05, 4.69) is 10.5 Å². The predicted molar refractivity (Wildman–Crippen MR) is 104 cm³/mol. The van der Waals surface area contributed by atoms with Crippen molar-refractivity contribution in [3.05, 3.63) is 74.5 Å². The van der Waals surface area contributed by atoms with Crippen LogP contribution >= 0.6 is 11.6 Å². The quantitative estimate of drug-likeness (QED) is 0.337. The average Bonchev–Trinajstić information content (AvgIpc) is 3.08. The minimum absolute atomic E-state index is 0.00565. The summed E-state index contributed by atoms with van der Waals surface area (Å²) in [5, 5.41) is 16.8. The molecule has 1 heterocycles. The topological polar surface area (TPSA) is 125 Å². The number of esters is 1. The summed E-state index contributed by atoms with van der Waals surface area (Å²) in [4.78, 5) is 34.7. The Labute approximate surface area is 177 Å². The van der Waals surface area contributed by atoms with E-state index >= 15 is 0 Å². The minimum atomic E-state index is -1.06. The average molecular weight is 452 g/mol. The molecule has 1 N–H and O–H groups in total. The molecule has 3 aromatic rings. The SMILES string of the molecule is Cc1onc(-c2c(F)cccc2Cl)c1C(=O)OCC(=O)Nc1ccc(F)cc1[N+](=O)[O-]. The van der Waals surface area contributed by atoms with Crippen molar-refractivity contribution in [2.75, 3.05) is 11.9 Å². The van der Waals surface area contributed by atoms with Crippen molar-refractivity contribution < 1.29 is 32.6 Å². The second kappa shape index (κ2) is 8.88. The monoisotopic (exact) mass is 451 g/mol. The van der Waals surface area contributed by atoms with Crippen LogP contribution in [0.15, 0.2) is 40.9 Å². The van der Waals surface area contributed by atoms with Gasteiger partial charge in [-0.25, -0.2) is 13.6 Å². The summed E-state index contributed by atoms with van der Waals surface area (Å²) in [5.41, 5.74) is -1.59. The van der Waals surface area contributed by atoms with E-state index in [0.717, 1.165) is 18.2 Å². The van der Waals surface area contributed by atoms with Gasteiger partial charge in [0.15, 0.2) is 6.61 Å². The fourth-order valence-corrected chi connectivity index (χ4v) is 2.91. The number of carbonyl (C=O) groups is 2. The van der Waals surface area contributed by atoms with Crippen LogP contribution in [-0.2, 0) is 9.53 Å². The molecule has 0 aliphatic heterocycles. The molecule has 0 aliphatic carbocycles. The van der Waals surface area contributed by atoms with Crippen LogP contribution < -0.4 is 5.32 Å². The molecule has 0 aliphatic rings. The number of aromatic nitrogens is 1. The maximum Gasteiger partial charge on any atom is 0.344 e. The van der Waals surface area contributed by atoms with Gasteiger partial charge in [0, 0.05) is 0 Å². The molecule has 0 bridgehead atoms. The van der Waals surface area contributed by atoms with Gasteiger partial charge in [-0.1, -0.05) is 22.8 Å². The first-order valence-electron chi connectivity index (χ1n) is 8.50. The van der Waals surface area contributed by atoms with E-state index in [9.17, 15) is 28.5 Å². The number of aryl methyl sites for hydroxylation is 1. The molecule has 0 saturated heterocycles. The molecule has 0 atom stereocenters. The third-order valence-corrected chi connectivity index (χ3v) is 4.35. The third-order valence-electron chi connectivity index (χ3n) is 4.03. The summed E-state index contributed by atoms with van der Waals surface area (Å²) in [6.07, 6.45) is 0. The highest BCUT2D eigenvalue weighted by molar-refractivity contribution is 6.33. The van der Waals surface area contributed by atoms with Crippen molar-refractivity contribution in [3.63, 3.8) is 0 Å². The summed E-state index contributed by atoms with van der Waals surface area (Å²) in [5.74, 6) is -3.61. The molecular weight excluding hydrogens is 440 g/mol. The van der Waals surface area contributed by atoms with Crippen LogP contribution in [0.3, 0.4) is 0 Å². The number of amides is 1. The van der Waals surface area contributed by atoms with Gasteiger partial charge in [-0.05, 0) is 31.2 Å². The predicted octanol–water partition coefficient (Wildman–Crippen LogP) is 4.29. The van der Waals surface area contributed by atoms with E-state index in [0.29, 0.717) is 6.07 Å². The minimum Gasteiger partial charge on any atom is -0.452 e. The Balaban J connectivity index is 1.76. The van der Waals surface area contributed by atoms with Gasteiger partial charge in [0.2, 0.25) is 0 Å². The zero-order chi connectivity index (χ0) is 22.7. The third kappa shape index (κ3) is 4.67. The zero-order valence-electron chi connectivity index (χ0n) is 15.6. The first-order valence-corrected chi connectivity index (χ1v) is 8.88. The lowest BCUT2D eigenvalue weighted by Crippen LogP contribution is -2.22. The van der Waals surface area contributed by atoms with Gasteiger partial charge < -0.3 is 14.6 Å². The lowest BCUT2D eigenvalue weighted by atomic mass is 10.1. The van der Waals surface area contributed by atoms with E-state index in [1.54, 1.807) is 0 Å². The maximum atomic E-state index is 14.2. The molecule has 9 nitrogen and oxygen atoms in total. The molecule has 0 spiro atoms. The highest BCUT2D eigenvalue weighted by Gasteiger charge is 2.27. The first kappa shape index (κ1) is 21.8. The molecular formula is C19H12ClF2N3O6. The van der Waals surface area contributed by atoms with Crippen molar-refractivity contribution in [1.82, 2.24) is 5.16 Å². The number of nitro groups is 1. The van der Waals surface area contributed by atoms with E-state index in [-0.39, 0.29) is 33.3 Å². The van der Waals surface area contributed by atoms with Gasteiger partial charge in [-0.3, -0.25) is 14.9 Å².